The monoisotopic (exact) mass is 199 g/mol. The van der Waals surface area contributed by atoms with Crippen LogP contribution in [0, 0.1) is 0 Å². The molecule has 1 unspecified atom stereocenters. The van der Waals surface area contributed by atoms with Gasteiger partial charge in [0.1, 0.15) is 0 Å². The molecule has 0 fully saturated rings. The summed E-state index contributed by atoms with van der Waals surface area (Å²) in [6.45, 7) is 1.92. The molecule has 0 saturated carbocycles. The minimum absolute atomic E-state index is 0.338. The summed E-state index contributed by atoms with van der Waals surface area (Å²) in [5.41, 5.74) is 2.77. The van der Waals surface area contributed by atoms with Crippen LogP contribution < -0.4 is 5.32 Å². The SMILES string of the molecule is c1ccc2c(c1)CNCC2n1cccn1. The molecule has 0 amide bonds. The minimum Gasteiger partial charge on any atom is -0.310 e. The van der Waals surface area contributed by atoms with E-state index in [9.17, 15) is 0 Å². The average Bonchev–Trinajstić information content (AvgIpc) is 2.82. The maximum absolute atomic E-state index is 4.32. The van der Waals surface area contributed by atoms with E-state index < -0.39 is 0 Å². The van der Waals surface area contributed by atoms with Crippen LogP contribution in [0.3, 0.4) is 0 Å². The van der Waals surface area contributed by atoms with Gasteiger partial charge in [0.2, 0.25) is 0 Å². The normalized spacial score (nSPS) is 19.9. The Morgan fingerprint density at radius 1 is 1.27 bits per heavy atom. The van der Waals surface area contributed by atoms with Crippen molar-refractivity contribution in [2.45, 2.75) is 12.6 Å². The van der Waals surface area contributed by atoms with Crippen LogP contribution in [0.15, 0.2) is 42.7 Å². The highest BCUT2D eigenvalue weighted by Crippen LogP contribution is 2.24. The van der Waals surface area contributed by atoms with Crippen molar-refractivity contribution in [3.8, 4) is 0 Å². The van der Waals surface area contributed by atoms with Crippen molar-refractivity contribution in [3.05, 3.63) is 53.9 Å². The third-order valence-electron chi connectivity index (χ3n) is 2.91. The zero-order chi connectivity index (χ0) is 10.1. The molecule has 0 bridgehead atoms. The second kappa shape index (κ2) is 3.51. The van der Waals surface area contributed by atoms with Gasteiger partial charge in [-0.15, -0.1) is 0 Å². The van der Waals surface area contributed by atoms with Crippen LogP contribution in [-0.4, -0.2) is 16.3 Å². The van der Waals surface area contributed by atoms with Gasteiger partial charge in [0.15, 0.2) is 0 Å². The number of fused-ring (bicyclic) bond motifs is 1. The number of hydrogen-bond donors (Lipinski definition) is 1. The quantitative estimate of drug-likeness (QED) is 0.755. The van der Waals surface area contributed by atoms with Gasteiger partial charge < -0.3 is 5.32 Å². The highest BCUT2D eigenvalue weighted by Gasteiger charge is 2.20. The maximum Gasteiger partial charge on any atom is 0.0896 e. The van der Waals surface area contributed by atoms with Gasteiger partial charge in [0, 0.05) is 25.5 Å². The van der Waals surface area contributed by atoms with E-state index in [1.165, 1.54) is 11.1 Å². The summed E-state index contributed by atoms with van der Waals surface area (Å²) >= 11 is 0. The molecule has 2 heterocycles. The molecule has 1 aliphatic rings. The van der Waals surface area contributed by atoms with E-state index in [2.05, 4.69) is 34.7 Å². The molecule has 0 spiro atoms. The van der Waals surface area contributed by atoms with Gasteiger partial charge in [-0.1, -0.05) is 24.3 Å². The molecule has 3 nitrogen and oxygen atoms in total. The molecule has 0 aliphatic carbocycles. The maximum atomic E-state index is 4.32. The number of nitrogens with one attached hydrogen (secondary N) is 1. The molecule has 1 atom stereocenters. The van der Waals surface area contributed by atoms with Gasteiger partial charge in [-0.25, -0.2) is 0 Å². The fourth-order valence-electron chi connectivity index (χ4n) is 2.17. The number of benzene rings is 1. The van der Waals surface area contributed by atoms with Crippen molar-refractivity contribution < 1.29 is 0 Å². The van der Waals surface area contributed by atoms with Crippen molar-refractivity contribution in [1.29, 1.82) is 0 Å². The van der Waals surface area contributed by atoms with Crippen LogP contribution in [0.4, 0.5) is 0 Å². The summed E-state index contributed by atoms with van der Waals surface area (Å²) in [6.07, 6.45) is 3.85. The van der Waals surface area contributed by atoms with E-state index in [1.54, 1.807) is 0 Å². The van der Waals surface area contributed by atoms with Crippen LogP contribution >= 0.6 is 0 Å². The third kappa shape index (κ3) is 1.45. The van der Waals surface area contributed by atoms with Gasteiger partial charge >= 0.3 is 0 Å². The Bertz CT molecular complexity index is 448. The highest BCUT2D eigenvalue weighted by molar-refractivity contribution is 5.32. The molecular weight excluding hydrogens is 186 g/mol. The van der Waals surface area contributed by atoms with Crippen molar-refractivity contribution in [3.63, 3.8) is 0 Å². The second-order valence-electron chi connectivity index (χ2n) is 3.83. The molecule has 15 heavy (non-hydrogen) atoms. The fourth-order valence-corrected chi connectivity index (χ4v) is 2.17. The van der Waals surface area contributed by atoms with Gasteiger partial charge in [0.25, 0.3) is 0 Å². The first kappa shape index (κ1) is 8.68. The Morgan fingerprint density at radius 3 is 3.07 bits per heavy atom. The molecule has 76 valence electrons. The number of rotatable bonds is 1. The van der Waals surface area contributed by atoms with Gasteiger partial charge in [-0.2, -0.15) is 5.10 Å². The van der Waals surface area contributed by atoms with Crippen LogP contribution in [-0.2, 0) is 6.54 Å². The smallest absolute Gasteiger partial charge is 0.0896 e. The lowest BCUT2D eigenvalue weighted by atomic mass is 9.97. The first-order chi connectivity index (χ1) is 7.45. The summed E-state index contributed by atoms with van der Waals surface area (Å²) in [4.78, 5) is 0. The van der Waals surface area contributed by atoms with Crippen molar-refractivity contribution in [2.24, 2.45) is 0 Å². The second-order valence-corrected chi connectivity index (χ2v) is 3.83. The minimum atomic E-state index is 0.338. The first-order valence-electron chi connectivity index (χ1n) is 5.23. The Kier molecular flexibility index (Phi) is 2.03. The third-order valence-corrected chi connectivity index (χ3v) is 2.91. The summed E-state index contributed by atoms with van der Waals surface area (Å²) in [5, 5.41) is 7.73. The van der Waals surface area contributed by atoms with Crippen molar-refractivity contribution in [1.82, 2.24) is 15.1 Å². The predicted molar refractivity (Wildman–Crippen MR) is 58.5 cm³/mol. The molecule has 1 aliphatic heterocycles. The lowest BCUT2D eigenvalue weighted by Gasteiger charge is -2.26. The Morgan fingerprint density at radius 2 is 2.20 bits per heavy atom. The fraction of sp³-hybridized carbons (Fsp3) is 0.250. The van der Waals surface area contributed by atoms with Crippen LogP contribution in [0.1, 0.15) is 17.2 Å². The topological polar surface area (TPSA) is 29.9 Å². The van der Waals surface area contributed by atoms with Crippen molar-refractivity contribution in [2.75, 3.05) is 6.54 Å². The number of nitrogens with zero attached hydrogens (tertiary/aromatic N) is 2. The van der Waals surface area contributed by atoms with E-state index >= 15 is 0 Å². The van der Waals surface area contributed by atoms with E-state index in [4.69, 9.17) is 0 Å². The molecule has 3 heteroatoms. The van der Waals surface area contributed by atoms with E-state index in [1.807, 2.05) is 23.1 Å². The standard InChI is InChI=1S/C12H13N3/c1-2-5-11-10(4-1)8-13-9-12(11)15-7-3-6-14-15/h1-7,12-13H,8-9H2. The molecule has 1 aromatic heterocycles. The Hall–Kier alpha value is -1.61. The number of aromatic nitrogens is 2. The molecule has 3 rings (SSSR count). The average molecular weight is 199 g/mol. The zero-order valence-corrected chi connectivity index (χ0v) is 8.43. The predicted octanol–water partition coefficient (Wildman–Crippen LogP) is 1.58. The summed E-state index contributed by atoms with van der Waals surface area (Å²) in [7, 11) is 0. The first-order valence-corrected chi connectivity index (χ1v) is 5.23. The summed E-state index contributed by atoms with van der Waals surface area (Å²) in [6, 6.07) is 10.9. The number of hydrogen-bond acceptors (Lipinski definition) is 2. The molecule has 0 radical (unpaired) electrons. The van der Waals surface area contributed by atoms with E-state index in [-0.39, 0.29) is 0 Å². The van der Waals surface area contributed by atoms with Gasteiger partial charge in [0.05, 0.1) is 6.04 Å². The summed E-state index contributed by atoms with van der Waals surface area (Å²) < 4.78 is 2.02. The zero-order valence-electron chi connectivity index (χ0n) is 8.43. The van der Waals surface area contributed by atoms with Gasteiger partial charge in [-0.3, -0.25) is 4.68 Å². The lowest BCUT2D eigenvalue weighted by molar-refractivity contribution is 0.452. The van der Waals surface area contributed by atoms with Crippen LogP contribution in [0.5, 0.6) is 0 Å². The molecule has 1 aromatic carbocycles. The van der Waals surface area contributed by atoms with E-state index in [0.29, 0.717) is 6.04 Å². The Balaban J connectivity index is 2.06. The summed E-state index contributed by atoms with van der Waals surface area (Å²) in [5.74, 6) is 0. The van der Waals surface area contributed by atoms with Crippen LogP contribution in [0.25, 0.3) is 0 Å². The van der Waals surface area contributed by atoms with E-state index in [0.717, 1.165) is 13.1 Å². The van der Waals surface area contributed by atoms with Crippen molar-refractivity contribution >= 4 is 0 Å². The molecule has 2 aromatic rings. The largest absolute Gasteiger partial charge is 0.310 e. The highest BCUT2D eigenvalue weighted by atomic mass is 15.3. The molecule has 1 N–H and O–H groups in total. The van der Waals surface area contributed by atoms with Crippen LogP contribution in [0.2, 0.25) is 0 Å². The molecular formula is C12H13N3. The Labute approximate surface area is 88.7 Å². The lowest BCUT2D eigenvalue weighted by Crippen LogP contribution is -2.32. The van der Waals surface area contributed by atoms with Gasteiger partial charge in [-0.05, 0) is 17.2 Å². The molecule has 0 saturated heterocycles.